The number of rotatable bonds is 10. The van der Waals surface area contributed by atoms with Crippen LogP contribution in [-0.4, -0.2) is 54.9 Å². The zero-order valence-electron chi connectivity index (χ0n) is 11.2. The van der Waals surface area contributed by atoms with Gasteiger partial charge >= 0.3 is 0 Å². The highest BCUT2D eigenvalue weighted by Crippen LogP contribution is 2.27. The third-order valence-corrected chi connectivity index (χ3v) is 2.57. The smallest absolute Gasteiger partial charge is 0.0538 e. The second-order valence-corrected chi connectivity index (χ2v) is 4.66. The lowest BCUT2D eigenvalue weighted by Crippen LogP contribution is -2.33. The highest BCUT2D eigenvalue weighted by atomic mass is 16.5. The molecule has 0 atom stereocenters. The molecule has 0 saturated heterocycles. The number of ether oxygens (including phenoxy) is 4. The number of hydrogen-bond donors (Lipinski definition) is 0. The average Bonchev–Trinajstić information content (AvgIpc) is 2.18. The van der Waals surface area contributed by atoms with Gasteiger partial charge in [0.15, 0.2) is 0 Å². The highest BCUT2D eigenvalue weighted by Gasteiger charge is 2.28. The Kier molecular flexibility index (Phi) is 8.84. The molecule has 0 bridgehead atoms. The summed E-state index contributed by atoms with van der Waals surface area (Å²) in [5.41, 5.74) is 0.0191. The molecule has 0 aliphatic rings. The standard InChI is InChI=1S/C12H26O4/c1-12(9-15-4,10-16-5)6-11(7-13-2)8-14-3/h11H,6-10H2,1-5H3. The summed E-state index contributed by atoms with van der Waals surface area (Å²) in [4.78, 5) is 0. The van der Waals surface area contributed by atoms with Gasteiger partial charge in [0.2, 0.25) is 0 Å². The van der Waals surface area contributed by atoms with Gasteiger partial charge < -0.3 is 18.9 Å². The molecule has 0 unspecified atom stereocenters. The number of methoxy groups -OCH3 is 4. The normalized spacial score (nSPS) is 12.4. The zero-order chi connectivity index (χ0) is 12.4. The summed E-state index contributed by atoms with van der Waals surface area (Å²) < 4.78 is 20.9. The van der Waals surface area contributed by atoms with Crippen LogP contribution in [0.15, 0.2) is 0 Å². The van der Waals surface area contributed by atoms with Crippen LogP contribution in [0.5, 0.6) is 0 Å². The largest absolute Gasteiger partial charge is 0.384 e. The van der Waals surface area contributed by atoms with Crippen molar-refractivity contribution >= 4 is 0 Å². The van der Waals surface area contributed by atoms with Gasteiger partial charge in [-0.2, -0.15) is 0 Å². The highest BCUT2D eigenvalue weighted by molar-refractivity contribution is 4.77. The van der Waals surface area contributed by atoms with Crippen molar-refractivity contribution in [3.05, 3.63) is 0 Å². The Balaban J connectivity index is 4.30. The van der Waals surface area contributed by atoms with E-state index in [1.54, 1.807) is 28.4 Å². The Morgan fingerprint density at radius 2 is 1.25 bits per heavy atom. The maximum Gasteiger partial charge on any atom is 0.0538 e. The van der Waals surface area contributed by atoms with Crippen molar-refractivity contribution in [2.75, 3.05) is 54.9 Å². The van der Waals surface area contributed by atoms with Crippen molar-refractivity contribution in [3.63, 3.8) is 0 Å². The van der Waals surface area contributed by atoms with Crippen molar-refractivity contribution in [2.24, 2.45) is 11.3 Å². The first-order valence-corrected chi connectivity index (χ1v) is 5.57. The van der Waals surface area contributed by atoms with Gasteiger partial charge in [0.05, 0.1) is 26.4 Å². The molecule has 4 nitrogen and oxygen atoms in total. The van der Waals surface area contributed by atoms with E-state index in [9.17, 15) is 0 Å². The molecule has 0 aromatic carbocycles. The summed E-state index contributed by atoms with van der Waals surface area (Å²) in [6.45, 7) is 4.95. The molecule has 4 heteroatoms. The van der Waals surface area contributed by atoms with Crippen molar-refractivity contribution in [1.29, 1.82) is 0 Å². The molecule has 0 aromatic rings. The van der Waals surface area contributed by atoms with E-state index in [0.29, 0.717) is 32.3 Å². The lowest BCUT2D eigenvalue weighted by Gasteiger charge is -2.31. The fourth-order valence-electron chi connectivity index (χ4n) is 2.19. The van der Waals surface area contributed by atoms with Crippen LogP contribution in [0.4, 0.5) is 0 Å². The molecule has 0 N–H and O–H groups in total. The summed E-state index contributed by atoms with van der Waals surface area (Å²) in [5.74, 6) is 0.380. The van der Waals surface area contributed by atoms with Gasteiger partial charge in [0, 0.05) is 39.8 Å². The predicted octanol–water partition coefficient (Wildman–Crippen LogP) is 1.58. The Morgan fingerprint density at radius 1 is 0.812 bits per heavy atom. The molecular weight excluding hydrogens is 208 g/mol. The summed E-state index contributed by atoms with van der Waals surface area (Å²) in [6.07, 6.45) is 0.969. The van der Waals surface area contributed by atoms with Crippen LogP contribution in [0.2, 0.25) is 0 Å². The van der Waals surface area contributed by atoms with Gasteiger partial charge in [-0.15, -0.1) is 0 Å². The molecule has 0 spiro atoms. The summed E-state index contributed by atoms with van der Waals surface area (Å²) in [6, 6.07) is 0. The first-order chi connectivity index (χ1) is 7.61. The van der Waals surface area contributed by atoms with E-state index >= 15 is 0 Å². The fraction of sp³-hybridized carbons (Fsp3) is 1.00. The Labute approximate surface area is 99.2 Å². The third-order valence-electron chi connectivity index (χ3n) is 2.57. The van der Waals surface area contributed by atoms with Crippen LogP contribution in [0.25, 0.3) is 0 Å². The lowest BCUT2D eigenvalue weighted by molar-refractivity contribution is -0.0153. The van der Waals surface area contributed by atoms with E-state index in [0.717, 1.165) is 6.42 Å². The second-order valence-electron chi connectivity index (χ2n) is 4.66. The topological polar surface area (TPSA) is 36.9 Å². The number of hydrogen-bond acceptors (Lipinski definition) is 4. The van der Waals surface area contributed by atoms with E-state index in [-0.39, 0.29) is 5.41 Å². The molecule has 0 saturated carbocycles. The van der Waals surface area contributed by atoms with Gasteiger partial charge in [-0.1, -0.05) is 6.92 Å². The first kappa shape index (κ1) is 15.8. The third kappa shape index (κ3) is 6.43. The molecule has 0 aliphatic carbocycles. The van der Waals surface area contributed by atoms with E-state index in [4.69, 9.17) is 18.9 Å². The van der Waals surface area contributed by atoms with Crippen molar-refractivity contribution in [2.45, 2.75) is 13.3 Å². The predicted molar refractivity (Wildman–Crippen MR) is 63.7 cm³/mol. The minimum Gasteiger partial charge on any atom is -0.384 e. The van der Waals surface area contributed by atoms with E-state index in [2.05, 4.69) is 6.92 Å². The Bertz CT molecular complexity index is 149. The molecule has 0 heterocycles. The van der Waals surface area contributed by atoms with Crippen molar-refractivity contribution < 1.29 is 18.9 Å². The molecule has 0 aromatic heterocycles. The van der Waals surface area contributed by atoms with Gasteiger partial charge in [-0.25, -0.2) is 0 Å². The molecular formula is C12H26O4. The summed E-state index contributed by atoms with van der Waals surface area (Å²) >= 11 is 0. The van der Waals surface area contributed by atoms with Crippen molar-refractivity contribution in [3.8, 4) is 0 Å². The first-order valence-electron chi connectivity index (χ1n) is 5.57. The van der Waals surface area contributed by atoms with E-state index in [1.807, 2.05) is 0 Å². The maximum absolute atomic E-state index is 5.26. The van der Waals surface area contributed by atoms with Crippen molar-refractivity contribution in [1.82, 2.24) is 0 Å². The molecule has 0 rings (SSSR count). The minimum absolute atomic E-state index is 0.0191. The van der Waals surface area contributed by atoms with Crippen LogP contribution < -0.4 is 0 Å². The molecule has 0 fully saturated rings. The Morgan fingerprint density at radius 3 is 1.56 bits per heavy atom. The molecule has 0 amide bonds. The lowest BCUT2D eigenvalue weighted by atomic mass is 9.82. The zero-order valence-corrected chi connectivity index (χ0v) is 11.2. The maximum atomic E-state index is 5.26. The summed E-state index contributed by atoms with van der Waals surface area (Å²) in [7, 11) is 6.87. The fourth-order valence-corrected chi connectivity index (χ4v) is 2.19. The van der Waals surface area contributed by atoms with E-state index in [1.165, 1.54) is 0 Å². The summed E-state index contributed by atoms with van der Waals surface area (Å²) in [5, 5.41) is 0. The van der Waals surface area contributed by atoms with Crippen LogP contribution in [-0.2, 0) is 18.9 Å². The van der Waals surface area contributed by atoms with Gasteiger partial charge in [0.1, 0.15) is 0 Å². The van der Waals surface area contributed by atoms with Crippen LogP contribution in [0.1, 0.15) is 13.3 Å². The monoisotopic (exact) mass is 234 g/mol. The molecule has 16 heavy (non-hydrogen) atoms. The molecule has 0 radical (unpaired) electrons. The van der Waals surface area contributed by atoms with Gasteiger partial charge in [-0.05, 0) is 6.42 Å². The van der Waals surface area contributed by atoms with Gasteiger partial charge in [0.25, 0.3) is 0 Å². The minimum atomic E-state index is 0.0191. The van der Waals surface area contributed by atoms with Crippen LogP contribution in [0, 0.1) is 11.3 Å². The second kappa shape index (κ2) is 8.93. The molecule has 0 aliphatic heterocycles. The Hall–Kier alpha value is -0.160. The van der Waals surface area contributed by atoms with Crippen LogP contribution in [0.3, 0.4) is 0 Å². The molecule has 98 valence electrons. The SMILES string of the molecule is COCC(COC)CC(C)(COC)COC. The van der Waals surface area contributed by atoms with Gasteiger partial charge in [-0.3, -0.25) is 0 Å². The quantitative estimate of drug-likeness (QED) is 0.575. The average molecular weight is 234 g/mol. The van der Waals surface area contributed by atoms with Crippen LogP contribution >= 0.6 is 0 Å². The van der Waals surface area contributed by atoms with E-state index < -0.39 is 0 Å².